The van der Waals surface area contributed by atoms with Crippen molar-refractivity contribution in [3.8, 4) is 5.88 Å². The molecule has 0 saturated carbocycles. The average Bonchev–Trinajstić information content (AvgIpc) is 2.17. The van der Waals surface area contributed by atoms with Crippen molar-refractivity contribution in [2.75, 3.05) is 13.7 Å². The number of aromatic nitrogens is 1. The molecule has 1 aromatic rings. The zero-order valence-electron chi connectivity index (χ0n) is 7.13. The lowest BCUT2D eigenvalue weighted by molar-refractivity contribution is 0.388. The van der Waals surface area contributed by atoms with E-state index >= 15 is 0 Å². The van der Waals surface area contributed by atoms with Gasteiger partial charge in [0.25, 0.3) is 0 Å². The Morgan fingerprint density at radius 2 is 2.50 bits per heavy atom. The van der Waals surface area contributed by atoms with Crippen LogP contribution < -0.4 is 10.1 Å². The number of methoxy groups -OCH3 is 1. The van der Waals surface area contributed by atoms with E-state index in [9.17, 15) is 0 Å². The largest absolute Gasteiger partial charge is 0.481 e. The lowest BCUT2D eigenvalue weighted by Gasteiger charge is -2.18. The van der Waals surface area contributed by atoms with Crippen molar-refractivity contribution in [1.82, 2.24) is 10.3 Å². The van der Waals surface area contributed by atoms with Crippen LogP contribution in [-0.2, 0) is 13.0 Å². The van der Waals surface area contributed by atoms with Crippen LogP contribution in [0.2, 0.25) is 0 Å². The van der Waals surface area contributed by atoms with E-state index in [1.165, 1.54) is 11.1 Å². The molecule has 0 bridgehead atoms. The zero-order valence-corrected chi connectivity index (χ0v) is 7.13. The highest BCUT2D eigenvalue weighted by Gasteiger charge is 2.13. The third kappa shape index (κ3) is 1.16. The lowest BCUT2D eigenvalue weighted by Crippen LogP contribution is -2.24. The van der Waals surface area contributed by atoms with Gasteiger partial charge in [0.1, 0.15) is 0 Å². The number of pyridine rings is 1. The molecule has 2 heterocycles. The van der Waals surface area contributed by atoms with Crippen molar-refractivity contribution < 1.29 is 4.74 Å². The van der Waals surface area contributed by atoms with Gasteiger partial charge in [0.05, 0.1) is 7.11 Å². The molecule has 1 aromatic heterocycles. The number of nitrogens with zero attached hydrogens (tertiary/aromatic N) is 1. The summed E-state index contributed by atoms with van der Waals surface area (Å²) in [4.78, 5) is 4.16. The van der Waals surface area contributed by atoms with Crippen LogP contribution in [0.5, 0.6) is 5.88 Å². The zero-order chi connectivity index (χ0) is 8.39. The van der Waals surface area contributed by atoms with Crippen molar-refractivity contribution in [2.24, 2.45) is 0 Å². The SMILES string of the molecule is COc1nccc2c1CCNC2. The molecule has 0 saturated heterocycles. The summed E-state index contributed by atoms with van der Waals surface area (Å²) in [6, 6.07) is 2.05. The van der Waals surface area contributed by atoms with E-state index in [2.05, 4.69) is 10.3 Å². The van der Waals surface area contributed by atoms with Crippen LogP contribution in [0, 0.1) is 0 Å². The molecular weight excluding hydrogens is 152 g/mol. The molecule has 0 amide bonds. The maximum Gasteiger partial charge on any atom is 0.216 e. The summed E-state index contributed by atoms with van der Waals surface area (Å²) in [6.07, 6.45) is 2.82. The molecular formula is C9H12N2O. The lowest BCUT2D eigenvalue weighted by atomic mass is 10.0. The normalized spacial score (nSPS) is 15.4. The van der Waals surface area contributed by atoms with Crippen molar-refractivity contribution in [1.29, 1.82) is 0 Å². The topological polar surface area (TPSA) is 34.1 Å². The molecule has 0 unspecified atom stereocenters. The first-order chi connectivity index (χ1) is 5.92. The highest BCUT2D eigenvalue weighted by atomic mass is 16.5. The van der Waals surface area contributed by atoms with Gasteiger partial charge in [-0.3, -0.25) is 0 Å². The fourth-order valence-electron chi connectivity index (χ4n) is 1.56. The van der Waals surface area contributed by atoms with Crippen molar-refractivity contribution in [2.45, 2.75) is 13.0 Å². The van der Waals surface area contributed by atoms with Crippen LogP contribution in [0.15, 0.2) is 12.3 Å². The summed E-state index contributed by atoms with van der Waals surface area (Å²) in [7, 11) is 1.67. The van der Waals surface area contributed by atoms with Gasteiger partial charge in [0.15, 0.2) is 0 Å². The molecule has 3 heteroatoms. The molecule has 0 aliphatic carbocycles. The second-order valence-electron chi connectivity index (χ2n) is 2.88. The minimum Gasteiger partial charge on any atom is -0.481 e. The second-order valence-corrected chi connectivity index (χ2v) is 2.88. The maximum atomic E-state index is 5.17. The molecule has 1 aliphatic rings. The van der Waals surface area contributed by atoms with Gasteiger partial charge in [0, 0.05) is 18.3 Å². The van der Waals surface area contributed by atoms with Gasteiger partial charge in [-0.25, -0.2) is 4.98 Å². The van der Waals surface area contributed by atoms with E-state index in [1.54, 1.807) is 13.3 Å². The minimum atomic E-state index is 0.786. The smallest absolute Gasteiger partial charge is 0.216 e. The van der Waals surface area contributed by atoms with Gasteiger partial charge in [0.2, 0.25) is 5.88 Å². The highest BCUT2D eigenvalue weighted by molar-refractivity contribution is 5.35. The summed E-state index contributed by atoms with van der Waals surface area (Å²) >= 11 is 0. The third-order valence-corrected chi connectivity index (χ3v) is 2.17. The van der Waals surface area contributed by atoms with Crippen molar-refractivity contribution in [3.05, 3.63) is 23.4 Å². The number of hydrogen-bond donors (Lipinski definition) is 1. The monoisotopic (exact) mass is 164 g/mol. The Morgan fingerprint density at radius 3 is 3.33 bits per heavy atom. The van der Waals surface area contributed by atoms with E-state index in [0.717, 1.165) is 25.4 Å². The summed E-state index contributed by atoms with van der Waals surface area (Å²) in [5, 5.41) is 3.31. The second kappa shape index (κ2) is 3.11. The van der Waals surface area contributed by atoms with Crippen LogP contribution in [0.3, 0.4) is 0 Å². The first-order valence-electron chi connectivity index (χ1n) is 4.13. The quantitative estimate of drug-likeness (QED) is 0.664. The van der Waals surface area contributed by atoms with E-state index in [4.69, 9.17) is 4.74 Å². The third-order valence-electron chi connectivity index (χ3n) is 2.17. The van der Waals surface area contributed by atoms with E-state index in [1.807, 2.05) is 6.07 Å². The maximum absolute atomic E-state index is 5.17. The Balaban J connectivity index is 2.44. The minimum absolute atomic E-state index is 0.786. The Kier molecular flexibility index (Phi) is 1.96. The van der Waals surface area contributed by atoms with E-state index < -0.39 is 0 Å². The summed E-state index contributed by atoms with van der Waals surface area (Å²) in [5.41, 5.74) is 2.58. The van der Waals surface area contributed by atoms with Crippen LogP contribution >= 0.6 is 0 Å². The molecule has 1 N–H and O–H groups in total. The van der Waals surface area contributed by atoms with Gasteiger partial charge in [-0.2, -0.15) is 0 Å². The standard InChI is InChI=1S/C9H12N2O/c1-12-9-8-3-4-10-6-7(8)2-5-11-9/h2,5,10H,3-4,6H2,1H3. The molecule has 0 spiro atoms. The van der Waals surface area contributed by atoms with Crippen LogP contribution in [0.4, 0.5) is 0 Å². The van der Waals surface area contributed by atoms with Gasteiger partial charge >= 0.3 is 0 Å². The van der Waals surface area contributed by atoms with Gasteiger partial charge < -0.3 is 10.1 Å². The highest BCUT2D eigenvalue weighted by Crippen LogP contribution is 2.21. The number of hydrogen-bond acceptors (Lipinski definition) is 3. The van der Waals surface area contributed by atoms with Crippen LogP contribution in [0.1, 0.15) is 11.1 Å². The van der Waals surface area contributed by atoms with Gasteiger partial charge in [-0.05, 0) is 24.6 Å². The predicted molar refractivity (Wildman–Crippen MR) is 46.2 cm³/mol. The molecule has 0 atom stereocenters. The molecule has 2 rings (SSSR count). The van der Waals surface area contributed by atoms with Crippen molar-refractivity contribution >= 4 is 0 Å². The molecule has 1 aliphatic heterocycles. The number of fused-ring (bicyclic) bond motifs is 1. The number of nitrogens with one attached hydrogen (secondary N) is 1. The number of rotatable bonds is 1. The molecule has 3 nitrogen and oxygen atoms in total. The Labute approximate surface area is 71.8 Å². The fourth-order valence-corrected chi connectivity index (χ4v) is 1.56. The predicted octanol–water partition coefficient (Wildman–Crippen LogP) is 0.736. The molecule has 0 fully saturated rings. The Morgan fingerprint density at radius 1 is 1.58 bits per heavy atom. The van der Waals surface area contributed by atoms with E-state index in [-0.39, 0.29) is 0 Å². The van der Waals surface area contributed by atoms with Gasteiger partial charge in [-0.15, -0.1) is 0 Å². The van der Waals surface area contributed by atoms with E-state index in [0.29, 0.717) is 0 Å². The first-order valence-corrected chi connectivity index (χ1v) is 4.13. The first kappa shape index (κ1) is 7.55. The van der Waals surface area contributed by atoms with Crippen LogP contribution in [0.25, 0.3) is 0 Å². The molecule has 0 radical (unpaired) electrons. The Bertz CT molecular complexity index is 272. The molecule has 0 aromatic carbocycles. The van der Waals surface area contributed by atoms with Crippen molar-refractivity contribution in [3.63, 3.8) is 0 Å². The summed E-state index contributed by atoms with van der Waals surface area (Å²) in [6.45, 7) is 1.96. The number of ether oxygens (including phenoxy) is 1. The Hall–Kier alpha value is -1.09. The summed E-state index contributed by atoms with van der Waals surface area (Å²) in [5.74, 6) is 0.786. The summed E-state index contributed by atoms with van der Waals surface area (Å²) < 4.78 is 5.17. The van der Waals surface area contributed by atoms with Crippen LogP contribution in [-0.4, -0.2) is 18.6 Å². The van der Waals surface area contributed by atoms with Gasteiger partial charge in [-0.1, -0.05) is 0 Å². The molecule has 12 heavy (non-hydrogen) atoms. The average molecular weight is 164 g/mol. The fraction of sp³-hybridized carbons (Fsp3) is 0.444. The molecule has 64 valence electrons.